The second kappa shape index (κ2) is 13.4. The first-order valence-corrected chi connectivity index (χ1v) is 14.7. The Balaban J connectivity index is 1.20. The van der Waals surface area contributed by atoms with Gasteiger partial charge in [-0.1, -0.05) is 88.4 Å². The second-order valence-corrected chi connectivity index (χ2v) is 11.9. The van der Waals surface area contributed by atoms with E-state index in [-0.39, 0.29) is 5.82 Å². The average Bonchev–Trinajstić information content (AvgIpc) is 2.89. The summed E-state index contributed by atoms with van der Waals surface area (Å²) in [6, 6.07) is 8.07. The summed E-state index contributed by atoms with van der Waals surface area (Å²) in [5, 5.41) is -0.492. The summed E-state index contributed by atoms with van der Waals surface area (Å²) in [4.78, 5) is 0. The fraction of sp³-hybridized carbons (Fsp3) is 0.625. The van der Waals surface area contributed by atoms with Crippen molar-refractivity contribution in [1.29, 1.82) is 0 Å². The van der Waals surface area contributed by atoms with E-state index in [4.69, 9.17) is 11.6 Å². The van der Waals surface area contributed by atoms with Crippen LogP contribution in [-0.2, 0) is 12.8 Å². The van der Waals surface area contributed by atoms with Crippen LogP contribution in [0.1, 0.15) is 113 Å². The average molecular weight is 519 g/mol. The molecule has 4 heteroatoms. The minimum atomic E-state index is -0.770. The summed E-state index contributed by atoms with van der Waals surface area (Å²) in [6.45, 7) is 2.30. The molecule has 2 saturated carbocycles. The number of hydrogen-bond donors (Lipinski definition) is 0. The molecular weight excluding hydrogens is 477 g/mol. The van der Waals surface area contributed by atoms with Gasteiger partial charge in [0, 0.05) is 0 Å². The summed E-state index contributed by atoms with van der Waals surface area (Å²) >= 11 is 5.55. The molecule has 0 saturated heterocycles. The SMILES string of the molecule is CCCCC1CCC(CCC2CCC(c3ccc(CCc4cc(F)c(Cl)c(F)c4)c(F)c3)CC2)CC1. The highest BCUT2D eigenvalue weighted by molar-refractivity contribution is 6.30. The molecule has 0 bridgehead atoms. The van der Waals surface area contributed by atoms with E-state index in [1.54, 1.807) is 6.07 Å². The fourth-order valence-corrected chi connectivity index (χ4v) is 6.72. The molecule has 2 aromatic carbocycles. The molecule has 0 aliphatic heterocycles. The van der Waals surface area contributed by atoms with Crippen LogP contribution in [0.3, 0.4) is 0 Å². The van der Waals surface area contributed by atoms with Gasteiger partial charge in [0.25, 0.3) is 0 Å². The molecule has 2 aliphatic rings. The molecule has 198 valence electrons. The van der Waals surface area contributed by atoms with Gasteiger partial charge in [-0.05, 0) is 97.1 Å². The van der Waals surface area contributed by atoms with Crippen molar-refractivity contribution in [3.63, 3.8) is 0 Å². The van der Waals surface area contributed by atoms with Crippen LogP contribution in [0.15, 0.2) is 30.3 Å². The van der Waals surface area contributed by atoms with E-state index in [0.717, 1.165) is 36.2 Å². The normalized spacial score (nSPS) is 24.7. The smallest absolute Gasteiger partial charge is 0.145 e. The first kappa shape index (κ1) is 27.6. The number of halogens is 4. The van der Waals surface area contributed by atoms with Crippen molar-refractivity contribution in [3.05, 3.63) is 69.5 Å². The summed E-state index contributed by atoms with van der Waals surface area (Å²) in [7, 11) is 0. The van der Waals surface area contributed by atoms with Crippen molar-refractivity contribution < 1.29 is 13.2 Å². The van der Waals surface area contributed by atoms with E-state index in [9.17, 15) is 13.2 Å². The maximum Gasteiger partial charge on any atom is 0.145 e. The predicted octanol–water partition coefficient (Wildman–Crippen LogP) is 10.6. The van der Waals surface area contributed by atoms with Gasteiger partial charge in [0.2, 0.25) is 0 Å². The molecule has 0 radical (unpaired) electrons. The molecule has 2 fully saturated rings. The van der Waals surface area contributed by atoms with Crippen LogP contribution in [0.25, 0.3) is 0 Å². The predicted molar refractivity (Wildman–Crippen MR) is 144 cm³/mol. The van der Waals surface area contributed by atoms with Gasteiger partial charge in [-0.3, -0.25) is 0 Å². The van der Waals surface area contributed by atoms with Gasteiger partial charge in [-0.15, -0.1) is 0 Å². The summed E-state index contributed by atoms with van der Waals surface area (Å²) in [6.07, 6.45) is 18.3. The minimum Gasteiger partial charge on any atom is -0.207 e. The lowest BCUT2D eigenvalue weighted by atomic mass is 9.74. The lowest BCUT2D eigenvalue weighted by molar-refractivity contribution is 0.222. The quantitative estimate of drug-likeness (QED) is 0.274. The van der Waals surface area contributed by atoms with Gasteiger partial charge < -0.3 is 0 Å². The standard InChI is InChI=1S/C32H42ClF3/c1-2-3-4-22-5-7-23(8-6-22)9-10-24-11-14-26(15-12-24)28-18-17-27(29(34)21-28)16-13-25-19-30(35)32(33)31(36)20-25/h17-24,26H,2-16H2,1H3. The summed E-state index contributed by atoms with van der Waals surface area (Å²) in [5.41, 5.74) is 2.18. The third-order valence-electron chi connectivity index (χ3n) is 9.04. The van der Waals surface area contributed by atoms with Crippen LogP contribution < -0.4 is 0 Å². The van der Waals surface area contributed by atoms with Gasteiger partial charge in [0.1, 0.15) is 22.5 Å². The van der Waals surface area contributed by atoms with E-state index in [2.05, 4.69) is 13.0 Å². The Morgan fingerprint density at radius 1 is 0.694 bits per heavy atom. The maximum atomic E-state index is 14.9. The third-order valence-corrected chi connectivity index (χ3v) is 9.40. The zero-order valence-corrected chi connectivity index (χ0v) is 22.6. The van der Waals surface area contributed by atoms with Gasteiger partial charge in [0.15, 0.2) is 0 Å². The van der Waals surface area contributed by atoms with E-state index in [0.29, 0.717) is 29.9 Å². The Morgan fingerprint density at radius 3 is 1.81 bits per heavy atom. The van der Waals surface area contributed by atoms with Crippen molar-refractivity contribution in [1.82, 2.24) is 0 Å². The molecule has 0 spiro atoms. The van der Waals surface area contributed by atoms with E-state index in [1.165, 1.54) is 82.8 Å². The maximum absolute atomic E-state index is 14.9. The lowest BCUT2D eigenvalue weighted by Crippen LogP contribution is -2.18. The van der Waals surface area contributed by atoms with Gasteiger partial charge >= 0.3 is 0 Å². The largest absolute Gasteiger partial charge is 0.207 e. The molecule has 2 aromatic rings. The Bertz CT molecular complexity index is 948. The van der Waals surface area contributed by atoms with E-state index < -0.39 is 16.7 Å². The first-order chi connectivity index (χ1) is 17.4. The summed E-state index contributed by atoms with van der Waals surface area (Å²) < 4.78 is 42.2. The molecule has 0 aromatic heterocycles. The van der Waals surface area contributed by atoms with Crippen LogP contribution in [-0.4, -0.2) is 0 Å². The molecule has 4 rings (SSSR count). The molecule has 0 unspecified atom stereocenters. The molecule has 0 N–H and O–H groups in total. The number of rotatable bonds is 10. The number of benzene rings is 2. The van der Waals surface area contributed by atoms with Crippen LogP contribution in [0.5, 0.6) is 0 Å². The second-order valence-electron chi connectivity index (χ2n) is 11.5. The van der Waals surface area contributed by atoms with Crippen molar-refractivity contribution in [2.75, 3.05) is 0 Å². The molecule has 0 amide bonds. The topological polar surface area (TPSA) is 0 Å². The Morgan fingerprint density at radius 2 is 1.25 bits per heavy atom. The van der Waals surface area contributed by atoms with Crippen molar-refractivity contribution in [2.45, 2.75) is 109 Å². The Kier molecular flexibility index (Phi) is 10.2. The van der Waals surface area contributed by atoms with E-state index in [1.807, 2.05) is 6.07 Å². The molecular formula is C32H42ClF3. The van der Waals surface area contributed by atoms with Crippen LogP contribution >= 0.6 is 11.6 Å². The fourth-order valence-electron chi connectivity index (χ4n) is 6.61. The van der Waals surface area contributed by atoms with Gasteiger partial charge in [-0.25, -0.2) is 13.2 Å². The molecule has 2 aliphatic carbocycles. The zero-order valence-electron chi connectivity index (χ0n) is 21.8. The Hall–Kier alpha value is -1.48. The molecule has 0 heterocycles. The van der Waals surface area contributed by atoms with Crippen LogP contribution in [0.2, 0.25) is 5.02 Å². The number of unbranched alkanes of at least 4 members (excludes halogenated alkanes) is 1. The monoisotopic (exact) mass is 518 g/mol. The third kappa shape index (κ3) is 7.53. The first-order valence-electron chi connectivity index (χ1n) is 14.3. The van der Waals surface area contributed by atoms with Crippen LogP contribution in [0.4, 0.5) is 13.2 Å². The van der Waals surface area contributed by atoms with Crippen molar-refractivity contribution >= 4 is 11.6 Å². The van der Waals surface area contributed by atoms with Crippen molar-refractivity contribution in [2.24, 2.45) is 17.8 Å². The highest BCUT2D eigenvalue weighted by atomic mass is 35.5. The van der Waals surface area contributed by atoms with E-state index >= 15 is 0 Å². The van der Waals surface area contributed by atoms with Gasteiger partial charge in [-0.2, -0.15) is 0 Å². The molecule has 36 heavy (non-hydrogen) atoms. The van der Waals surface area contributed by atoms with Crippen molar-refractivity contribution in [3.8, 4) is 0 Å². The van der Waals surface area contributed by atoms with Gasteiger partial charge in [0.05, 0.1) is 0 Å². The molecule has 0 nitrogen and oxygen atoms in total. The summed E-state index contributed by atoms with van der Waals surface area (Å²) in [5.74, 6) is 1.47. The zero-order chi connectivity index (χ0) is 25.5. The lowest BCUT2D eigenvalue weighted by Gasteiger charge is -2.32. The number of hydrogen-bond acceptors (Lipinski definition) is 0. The molecule has 0 atom stereocenters. The Labute approximate surface area is 221 Å². The highest BCUT2D eigenvalue weighted by Crippen LogP contribution is 2.40. The minimum absolute atomic E-state index is 0.209. The highest BCUT2D eigenvalue weighted by Gasteiger charge is 2.25. The number of aryl methyl sites for hydroxylation is 2. The van der Waals surface area contributed by atoms with Crippen LogP contribution in [0, 0.1) is 35.2 Å².